The van der Waals surface area contributed by atoms with Gasteiger partial charge in [-0.2, -0.15) is 10.2 Å². The molecule has 2 N–H and O–H groups in total. The Morgan fingerprint density at radius 1 is 1.61 bits per heavy atom. The molecule has 0 aromatic carbocycles. The number of H-pyrrole nitrogens is 1. The Hall–Kier alpha value is -2.15. The average molecular weight is 249 g/mol. The molecule has 7 heteroatoms. The number of nitrogens with zero attached hydrogens (tertiary/aromatic N) is 4. The van der Waals surface area contributed by atoms with E-state index in [4.69, 9.17) is 5.11 Å². The van der Waals surface area contributed by atoms with E-state index in [1.807, 2.05) is 28.9 Å². The first kappa shape index (κ1) is 12.3. The number of aromatic amines is 1. The third-order valence-corrected chi connectivity index (χ3v) is 2.64. The molecule has 7 nitrogen and oxygen atoms in total. The normalized spacial score (nSPS) is 11.0. The molecule has 0 unspecified atom stereocenters. The first-order valence-corrected chi connectivity index (χ1v) is 5.58. The van der Waals surface area contributed by atoms with Gasteiger partial charge in [-0.1, -0.05) is 0 Å². The summed E-state index contributed by atoms with van der Waals surface area (Å²) in [5.74, 6) is -0.983. The van der Waals surface area contributed by atoms with Crippen molar-refractivity contribution in [2.45, 2.75) is 13.1 Å². The predicted octanol–water partition coefficient (Wildman–Crippen LogP) is 0.436. The van der Waals surface area contributed by atoms with Crippen molar-refractivity contribution in [2.24, 2.45) is 0 Å². The van der Waals surface area contributed by atoms with Gasteiger partial charge in [-0.3, -0.25) is 9.78 Å². The van der Waals surface area contributed by atoms with Gasteiger partial charge in [0.2, 0.25) is 0 Å². The second-order valence-corrected chi connectivity index (χ2v) is 4.08. The van der Waals surface area contributed by atoms with Crippen molar-refractivity contribution in [3.63, 3.8) is 0 Å². The van der Waals surface area contributed by atoms with Gasteiger partial charge >= 0.3 is 5.97 Å². The summed E-state index contributed by atoms with van der Waals surface area (Å²) in [6.45, 7) is 2.09. The summed E-state index contributed by atoms with van der Waals surface area (Å²) in [4.78, 5) is 12.9. The topological polar surface area (TPSA) is 87.0 Å². The molecule has 0 aliphatic heterocycles. The zero-order valence-corrected chi connectivity index (χ0v) is 10.1. The zero-order valence-electron chi connectivity index (χ0n) is 10.1. The molecule has 0 radical (unpaired) electrons. The highest BCUT2D eigenvalue weighted by Gasteiger charge is 2.13. The lowest BCUT2D eigenvalue weighted by atomic mass is 10.2. The van der Waals surface area contributed by atoms with Gasteiger partial charge in [0.15, 0.2) is 0 Å². The van der Waals surface area contributed by atoms with Crippen LogP contribution in [0.2, 0.25) is 0 Å². The van der Waals surface area contributed by atoms with E-state index in [9.17, 15) is 4.79 Å². The molecule has 0 aliphatic carbocycles. The molecule has 0 spiro atoms. The van der Waals surface area contributed by atoms with Gasteiger partial charge < -0.3 is 10.0 Å². The minimum atomic E-state index is -0.983. The number of carbonyl (C=O) groups is 1. The second kappa shape index (κ2) is 5.46. The summed E-state index contributed by atoms with van der Waals surface area (Å²) in [5, 5.41) is 19.3. The lowest BCUT2D eigenvalue weighted by molar-refractivity contribution is 0.0688. The molecule has 0 amide bonds. The molecule has 2 aromatic heterocycles. The van der Waals surface area contributed by atoms with Crippen LogP contribution in [0.4, 0.5) is 0 Å². The van der Waals surface area contributed by atoms with Crippen molar-refractivity contribution in [1.29, 1.82) is 0 Å². The number of rotatable bonds is 6. The van der Waals surface area contributed by atoms with E-state index in [1.165, 1.54) is 0 Å². The molecule has 0 fully saturated rings. The van der Waals surface area contributed by atoms with Crippen molar-refractivity contribution in [2.75, 3.05) is 13.6 Å². The first-order valence-electron chi connectivity index (χ1n) is 5.58. The Morgan fingerprint density at radius 3 is 3.11 bits per heavy atom. The maximum atomic E-state index is 10.9. The Kier molecular flexibility index (Phi) is 3.73. The average Bonchev–Trinajstić information content (AvgIpc) is 2.96. The SMILES string of the molecule is CN(CCn1cccn1)Cc1cn[nH]c1C(=O)O. The summed E-state index contributed by atoms with van der Waals surface area (Å²) < 4.78 is 1.84. The highest BCUT2D eigenvalue weighted by atomic mass is 16.4. The number of carboxylic acid groups (broad SMARTS) is 1. The smallest absolute Gasteiger partial charge is 0.354 e. The summed E-state index contributed by atoms with van der Waals surface area (Å²) in [5.41, 5.74) is 0.839. The van der Waals surface area contributed by atoms with Crippen LogP contribution in [0.25, 0.3) is 0 Å². The number of aromatic carboxylic acids is 1. The third kappa shape index (κ3) is 2.95. The van der Waals surface area contributed by atoms with Crippen LogP contribution < -0.4 is 0 Å². The predicted molar refractivity (Wildman–Crippen MR) is 64.1 cm³/mol. The van der Waals surface area contributed by atoms with Crippen molar-refractivity contribution < 1.29 is 9.90 Å². The summed E-state index contributed by atoms with van der Waals surface area (Å²) >= 11 is 0. The quantitative estimate of drug-likeness (QED) is 0.775. The van der Waals surface area contributed by atoms with Gasteiger partial charge in [0.1, 0.15) is 5.69 Å². The molecule has 2 heterocycles. The Labute approximate surface area is 104 Å². The maximum Gasteiger partial charge on any atom is 0.354 e. The largest absolute Gasteiger partial charge is 0.477 e. The van der Waals surface area contributed by atoms with Crippen LogP contribution in [-0.2, 0) is 13.1 Å². The van der Waals surface area contributed by atoms with Gasteiger partial charge in [0.05, 0.1) is 12.7 Å². The number of hydrogen-bond donors (Lipinski definition) is 2. The van der Waals surface area contributed by atoms with E-state index in [-0.39, 0.29) is 5.69 Å². The Bertz CT molecular complexity index is 505. The number of likely N-dealkylation sites (N-methyl/N-ethyl adjacent to an activating group) is 1. The monoisotopic (exact) mass is 249 g/mol. The van der Waals surface area contributed by atoms with Crippen molar-refractivity contribution in [3.05, 3.63) is 35.9 Å². The van der Waals surface area contributed by atoms with Crippen molar-refractivity contribution >= 4 is 5.97 Å². The molecular weight excluding hydrogens is 234 g/mol. The molecule has 0 bridgehead atoms. The van der Waals surface area contributed by atoms with Gasteiger partial charge in [0, 0.05) is 31.0 Å². The van der Waals surface area contributed by atoms with Gasteiger partial charge in [0.25, 0.3) is 0 Å². The van der Waals surface area contributed by atoms with Crippen molar-refractivity contribution in [3.8, 4) is 0 Å². The highest BCUT2D eigenvalue weighted by molar-refractivity contribution is 5.86. The van der Waals surface area contributed by atoms with Gasteiger partial charge in [-0.15, -0.1) is 0 Å². The van der Waals surface area contributed by atoms with Crippen LogP contribution in [-0.4, -0.2) is 49.5 Å². The van der Waals surface area contributed by atoms with Gasteiger partial charge in [-0.05, 0) is 13.1 Å². The van der Waals surface area contributed by atoms with E-state index in [1.54, 1.807) is 12.4 Å². The lowest BCUT2D eigenvalue weighted by Crippen LogP contribution is -2.23. The summed E-state index contributed by atoms with van der Waals surface area (Å²) in [6, 6.07) is 1.87. The van der Waals surface area contributed by atoms with Crippen LogP contribution in [0.1, 0.15) is 16.1 Å². The van der Waals surface area contributed by atoms with Crippen LogP contribution in [0.15, 0.2) is 24.7 Å². The van der Waals surface area contributed by atoms with Gasteiger partial charge in [-0.25, -0.2) is 4.79 Å². The van der Waals surface area contributed by atoms with E-state index in [0.717, 1.165) is 13.1 Å². The number of aromatic nitrogens is 4. The highest BCUT2D eigenvalue weighted by Crippen LogP contribution is 2.07. The maximum absolute atomic E-state index is 10.9. The van der Waals surface area contributed by atoms with Crippen LogP contribution >= 0.6 is 0 Å². The van der Waals surface area contributed by atoms with E-state index < -0.39 is 5.97 Å². The van der Waals surface area contributed by atoms with Crippen molar-refractivity contribution in [1.82, 2.24) is 24.9 Å². The standard InChI is InChI=1S/C11H15N5O2/c1-15(5-6-16-4-2-3-13-16)8-9-7-12-14-10(9)11(17)18/h2-4,7H,5-6,8H2,1H3,(H,12,14)(H,17,18). The minimum absolute atomic E-state index is 0.154. The Balaban J connectivity index is 1.88. The number of carboxylic acids is 1. The van der Waals surface area contributed by atoms with E-state index in [2.05, 4.69) is 15.3 Å². The van der Waals surface area contributed by atoms with Crippen LogP contribution in [0, 0.1) is 0 Å². The zero-order chi connectivity index (χ0) is 13.0. The van der Waals surface area contributed by atoms with E-state index in [0.29, 0.717) is 12.1 Å². The summed E-state index contributed by atoms with van der Waals surface area (Å²) in [7, 11) is 1.93. The minimum Gasteiger partial charge on any atom is -0.477 e. The molecule has 2 rings (SSSR count). The molecule has 0 saturated heterocycles. The van der Waals surface area contributed by atoms with E-state index >= 15 is 0 Å². The molecule has 0 atom stereocenters. The molecule has 2 aromatic rings. The fourth-order valence-electron chi connectivity index (χ4n) is 1.69. The van der Waals surface area contributed by atoms with Crippen LogP contribution in [0.5, 0.6) is 0 Å². The number of nitrogens with one attached hydrogen (secondary N) is 1. The first-order chi connectivity index (χ1) is 8.66. The van der Waals surface area contributed by atoms with Crippen LogP contribution in [0.3, 0.4) is 0 Å². The molecule has 96 valence electrons. The number of hydrogen-bond acceptors (Lipinski definition) is 4. The fraction of sp³-hybridized carbons (Fsp3) is 0.364. The molecular formula is C11H15N5O2. The fourth-order valence-corrected chi connectivity index (χ4v) is 1.69. The second-order valence-electron chi connectivity index (χ2n) is 4.08. The Morgan fingerprint density at radius 2 is 2.44 bits per heavy atom. The third-order valence-electron chi connectivity index (χ3n) is 2.64. The molecule has 0 aliphatic rings. The summed E-state index contributed by atoms with van der Waals surface area (Å²) in [6.07, 6.45) is 5.18. The molecule has 18 heavy (non-hydrogen) atoms. The molecule has 0 saturated carbocycles. The lowest BCUT2D eigenvalue weighted by Gasteiger charge is -2.15.